The first kappa shape index (κ1) is 19.4. The minimum atomic E-state index is -0.759. The van der Waals surface area contributed by atoms with E-state index in [0.29, 0.717) is 16.8 Å². The van der Waals surface area contributed by atoms with Gasteiger partial charge < -0.3 is 10.1 Å². The van der Waals surface area contributed by atoms with E-state index < -0.39 is 17.4 Å². The molecule has 1 amide bonds. The van der Waals surface area contributed by atoms with Crippen molar-refractivity contribution >= 4 is 23.5 Å². The van der Waals surface area contributed by atoms with Crippen molar-refractivity contribution in [1.29, 1.82) is 0 Å². The number of amides is 1. The fraction of sp³-hybridized carbons (Fsp3) is 0.286. The molecule has 0 bridgehead atoms. The van der Waals surface area contributed by atoms with Crippen LogP contribution in [-0.4, -0.2) is 17.8 Å². The molecular formula is C21H23NO4. The molecule has 0 aliphatic rings. The Hall–Kier alpha value is -2.95. The number of ether oxygens (including phenoxy) is 1. The number of hydrogen-bond acceptors (Lipinski definition) is 4. The maximum atomic E-state index is 12.4. The van der Waals surface area contributed by atoms with Crippen molar-refractivity contribution in [1.82, 2.24) is 0 Å². The lowest BCUT2D eigenvalue weighted by molar-refractivity contribution is -0.146. The third kappa shape index (κ3) is 4.57. The summed E-state index contributed by atoms with van der Waals surface area (Å²) >= 11 is 0. The lowest BCUT2D eigenvalue weighted by Crippen LogP contribution is -2.26. The summed E-state index contributed by atoms with van der Waals surface area (Å²) in [6.45, 7) is 8.63. The predicted octanol–water partition coefficient (Wildman–Crippen LogP) is 4.29. The number of carbonyl (C=O) groups is 3. The van der Waals surface area contributed by atoms with Crippen molar-refractivity contribution < 1.29 is 19.1 Å². The Kier molecular flexibility index (Phi) is 5.60. The molecule has 0 aliphatic carbocycles. The highest BCUT2D eigenvalue weighted by Gasteiger charge is 2.26. The average molecular weight is 353 g/mol. The van der Waals surface area contributed by atoms with Gasteiger partial charge in [-0.15, -0.1) is 0 Å². The highest BCUT2D eigenvalue weighted by Crippen LogP contribution is 2.20. The molecule has 0 saturated carbocycles. The number of aryl methyl sites for hydroxylation is 2. The molecule has 2 aromatic rings. The van der Waals surface area contributed by atoms with Gasteiger partial charge in [-0.05, 0) is 70.0 Å². The van der Waals surface area contributed by atoms with E-state index in [-0.39, 0.29) is 11.5 Å². The molecule has 0 radical (unpaired) electrons. The van der Waals surface area contributed by atoms with E-state index in [4.69, 9.17) is 4.74 Å². The molecule has 0 heterocycles. The van der Waals surface area contributed by atoms with Crippen LogP contribution in [0.2, 0.25) is 0 Å². The summed E-state index contributed by atoms with van der Waals surface area (Å²) in [6, 6.07) is 12.1. The Labute approximate surface area is 153 Å². The number of rotatable bonds is 3. The van der Waals surface area contributed by atoms with E-state index in [1.54, 1.807) is 58.0 Å². The first-order chi connectivity index (χ1) is 12.1. The number of nitrogens with one attached hydrogen (secondary N) is 1. The largest absolute Gasteiger partial charge is 0.389 e. The van der Waals surface area contributed by atoms with Gasteiger partial charge in [0, 0.05) is 11.3 Å². The van der Waals surface area contributed by atoms with Crippen molar-refractivity contribution in [3.8, 4) is 0 Å². The van der Waals surface area contributed by atoms with Gasteiger partial charge in [0.15, 0.2) is 0 Å². The zero-order valence-electron chi connectivity index (χ0n) is 15.7. The van der Waals surface area contributed by atoms with E-state index in [2.05, 4.69) is 5.32 Å². The van der Waals surface area contributed by atoms with E-state index in [0.717, 1.165) is 5.56 Å². The van der Waals surface area contributed by atoms with Crippen molar-refractivity contribution in [3.05, 3.63) is 64.7 Å². The number of anilines is 1. The topological polar surface area (TPSA) is 72.5 Å². The van der Waals surface area contributed by atoms with Gasteiger partial charge in [0.25, 0.3) is 5.91 Å². The Balaban J connectivity index is 2.14. The maximum Gasteiger partial charge on any atom is 0.346 e. The third-order valence-electron chi connectivity index (χ3n) is 3.89. The molecule has 5 heteroatoms. The quantitative estimate of drug-likeness (QED) is 0.660. The molecule has 136 valence electrons. The second-order valence-electron chi connectivity index (χ2n) is 7.23. The maximum absolute atomic E-state index is 12.4. The van der Waals surface area contributed by atoms with Gasteiger partial charge in [-0.25, -0.2) is 4.79 Å². The number of carbonyl (C=O) groups excluding carboxylic acids is 3. The second kappa shape index (κ2) is 7.52. The molecule has 5 nitrogen and oxygen atoms in total. The van der Waals surface area contributed by atoms with Gasteiger partial charge in [0.1, 0.15) is 0 Å². The molecule has 0 unspecified atom stereocenters. The molecule has 0 saturated heterocycles. The molecule has 0 fully saturated rings. The summed E-state index contributed by atoms with van der Waals surface area (Å²) < 4.78 is 4.92. The Morgan fingerprint density at radius 2 is 1.54 bits per heavy atom. The fourth-order valence-electron chi connectivity index (χ4n) is 2.29. The summed E-state index contributed by atoms with van der Waals surface area (Å²) in [6.07, 6.45) is 0. The first-order valence-corrected chi connectivity index (χ1v) is 8.34. The molecule has 0 aromatic heterocycles. The fourth-order valence-corrected chi connectivity index (χ4v) is 2.29. The second-order valence-corrected chi connectivity index (χ2v) is 7.23. The SMILES string of the molecule is Cc1ccccc1C(=O)Nc1ccc(C(=O)OC(=O)C(C)(C)C)c(C)c1. The molecule has 0 spiro atoms. The van der Waals surface area contributed by atoms with E-state index in [1.807, 2.05) is 19.1 Å². The number of hydrogen-bond donors (Lipinski definition) is 1. The van der Waals surface area contributed by atoms with Crippen LogP contribution in [0, 0.1) is 19.3 Å². The molecule has 26 heavy (non-hydrogen) atoms. The summed E-state index contributed by atoms with van der Waals surface area (Å²) in [5.74, 6) is -1.50. The normalized spacial score (nSPS) is 11.0. The van der Waals surface area contributed by atoms with Gasteiger partial charge in [0.2, 0.25) is 0 Å². The Bertz CT molecular complexity index is 863. The van der Waals surface area contributed by atoms with Crippen LogP contribution < -0.4 is 5.32 Å². The van der Waals surface area contributed by atoms with Crippen LogP contribution in [0.1, 0.15) is 52.6 Å². The van der Waals surface area contributed by atoms with Crippen LogP contribution in [-0.2, 0) is 9.53 Å². The van der Waals surface area contributed by atoms with Gasteiger partial charge in [-0.3, -0.25) is 9.59 Å². The van der Waals surface area contributed by atoms with E-state index in [1.165, 1.54) is 0 Å². The Morgan fingerprint density at radius 3 is 2.12 bits per heavy atom. The molecule has 2 rings (SSSR count). The number of benzene rings is 2. The van der Waals surface area contributed by atoms with Crippen LogP contribution in [0.5, 0.6) is 0 Å². The molecule has 2 aromatic carbocycles. The van der Waals surface area contributed by atoms with Gasteiger partial charge in [-0.1, -0.05) is 18.2 Å². The standard InChI is InChI=1S/C21H23NO4/c1-13-8-6-7-9-16(13)18(23)22-15-10-11-17(14(2)12-15)19(24)26-20(25)21(3,4)5/h6-12H,1-5H3,(H,22,23). The van der Waals surface area contributed by atoms with Crippen molar-refractivity contribution in [2.24, 2.45) is 5.41 Å². The van der Waals surface area contributed by atoms with Crippen LogP contribution in [0.3, 0.4) is 0 Å². The minimum absolute atomic E-state index is 0.222. The molecular weight excluding hydrogens is 330 g/mol. The van der Waals surface area contributed by atoms with Crippen LogP contribution >= 0.6 is 0 Å². The lowest BCUT2D eigenvalue weighted by atomic mass is 9.97. The zero-order valence-corrected chi connectivity index (χ0v) is 15.7. The van der Waals surface area contributed by atoms with Crippen LogP contribution in [0.4, 0.5) is 5.69 Å². The van der Waals surface area contributed by atoms with E-state index >= 15 is 0 Å². The summed E-state index contributed by atoms with van der Waals surface area (Å²) in [7, 11) is 0. The molecule has 1 N–H and O–H groups in total. The summed E-state index contributed by atoms with van der Waals surface area (Å²) in [5, 5.41) is 2.81. The number of esters is 2. The lowest BCUT2D eigenvalue weighted by Gasteiger charge is -2.16. The molecule has 0 atom stereocenters. The van der Waals surface area contributed by atoms with Crippen molar-refractivity contribution in [2.45, 2.75) is 34.6 Å². The highest BCUT2D eigenvalue weighted by atomic mass is 16.6. The summed E-state index contributed by atoms with van der Waals surface area (Å²) in [5.41, 5.74) is 2.17. The monoisotopic (exact) mass is 353 g/mol. The predicted molar refractivity (Wildman–Crippen MR) is 100 cm³/mol. The first-order valence-electron chi connectivity index (χ1n) is 8.34. The van der Waals surface area contributed by atoms with Gasteiger partial charge in [-0.2, -0.15) is 0 Å². The Morgan fingerprint density at radius 1 is 0.885 bits per heavy atom. The smallest absolute Gasteiger partial charge is 0.346 e. The van der Waals surface area contributed by atoms with Gasteiger partial charge >= 0.3 is 11.9 Å². The average Bonchev–Trinajstić information content (AvgIpc) is 2.54. The van der Waals surface area contributed by atoms with Crippen molar-refractivity contribution in [3.63, 3.8) is 0 Å². The van der Waals surface area contributed by atoms with Crippen molar-refractivity contribution in [2.75, 3.05) is 5.32 Å². The van der Waals surface area contributed by atoms with E-state index in [9.17, 15) is 14.4 Å². The van der Waals surface area contributed by atoms with Gasteiger partial charge in [0.05, 0.1) is 11.0 Å². The summed E-state index contributed by atoms with van der Waals surface area (Å²) in [4.78, 5) is 36.4. The van der Waals surface area contributed by atoms with Crippen LogP contribution in [0.25, 0.3) is 0 Å². The third-order valence-corrected chi connectivity index (χ3v) is 3.89. The molecule has 0 aliphatic heterocycles. The minimum Gasteiger partial charge on any atom is -0.389 e. The van der Waals surface area contributed by atoms with Crippen LogP contribution in [0.15, 0.2) is 42.5 Å². The zero-order chi connectivity index (χ0) is 19.5. The highest BCUT2D eigenvalue weighted by molar-refractivity contribution is 6.05.